The van der Waals surface area contributed by atoms with Gasteiger partial charge in [0.25, 0.3) is 0 Å². The molecule has 0 aliphatic heterocycles. The zero-order valence-corrected chi connectivity index (χ0v) is 12.7. The molecule has 1 aromatic carbocycles. The van der Waals surface area contributed by atoms with Gasteiger partial charge in [-0.25, -0.2) is 0 Å². The largest absolute Gasteiger partial charge is 0.493 e. The van der Waals surface area contributed by atoms with E-state index in [0.29, 0.717) is 6.61 Å². The van der Waals surface area contributed by atoms with Crippen LogP contribution < -0.4 is 10.5 Å². The lowest BCUT2D eigenvalue weighted by molar-refractivity contribution is 0.313. The molecular formula is C14H18BrN3O. The Kier molecular flexibility index (Phi) is 4.61. The monoisotopic (exact) mass is 323 g/mol. The van der Waals surface area contributed by atoms with Crippen LogP contribution in [-0.4, -0.2) is 16.4 Å². The van der Waals surface area contributed by atoms with E-state index < -0.39 is 0 Å². The number of aryl methyl sites for hydroxylation is 1. The highest BCUT2D eigenvalue weighted by Gasteiger charge is 2.09. The first-order valence-corrected chi connectivity index (χ1v) is 7.02. The fraction of sp³-hybridized carbons (Fsp3) is 0.357. The van der Waals surface area contributed by atoms with Crippen LogP contribution in [0, 0.1) is 0 Å². The number of aromatic nitrogens is 2. The minimum absolute atomic E-state index is 0.0418. The molecule has 0 amide bonds. The molecule has 0 bridgehead atoms. The third-order valence-corrected chi connectivity index (χ3v) is 3.50. The predicted octanol–water partition coefficient (Wildman–Crippen LogP) is 2.82. The van der Waals surface area contributed by atoms with E-state index in [1.165, 1.54) is 0 Å². The maximum Gasteiger partial charge on any atom is 0.125 e. The molecule has 0 fully saturated rings. The minimum atomic E-state index is -0.0418. The quantitative estimate of drug-likeness (QED) is 0.920. The van der Waals surface area contributed by atoms with Crippen LogP contribution in [0.2, 0.25) is 0 Å². The van der Waals surface area contributed by atoms with Gasteiger partial charge in [-0.15, -0.1) is 0 Å². The number of nitrogens with two attached hydrogens (primary N) is 1. The number of hydrogen-bond donors (Lipinski definition) is 1. The highest BCUT2D eigenvalue weighted by molar-refractivity contribution is 9.10. The number of benzene rings is 1. The van der Waals surface area contributed by atoms with Crippen LogP contribution in [0.3, 0.4) is 0 Å². The van der Waals surface area contributed by atoms with Crippen molar-refractivity contribution in [3.05, 3.63) is 46.2 Å². The van der Waals surface area contributed by atoms with E-state index in [0.717, 1.165) is 27.9 Å². The van der Waals surface area contributed by atoms with Gasteiger partial charge in [0.2, 0.25) is 0 Å². The van der Waals surface area contributed by atoms with E-state index in [2.05, 4.69) is 21.0 Å². The fourth-order valence-corrected chi connectivity index (χ4v) is 2.26. The molecule has 4 nitrogen and oxygen atoms in total. The van der Waals surface area contributed by atoms with Gasteiger partial charge < -0.3 is 10.5 Å². The molecule has 0 aliphatic rings. The van der Waals surface area contributed by atoms with Crippen LogP contribution in [0.15, 0.2) is 34.9 Å². The van der Waals surface area contributed by atoms with Gasteiger partial charge in [0.05, 0.1) is 6.61 Å². The van der Waals surface area contributed by atoms with E-state index in [9.17, 15) is 0 Å². The number of ether oxygens (including phenoxy) is 1. The van der Waals surface area contributed by atoms with E-state index in [4.69, 9.17) is 10.5 Å². The molecule has 0 saturated carbocycles. The summed E-state index contributed by atoms with van der Waals surface area (Å²) in [7, 11) is 1.93. The van der Waals surface area contributed by atoms with Crippen LogP contribution >= 0.6 is 15.9 Å². The first kappa shape index (κ1) is 14.1. The Bertz CT molecular complexity index is 551. The summed E-state index contributed by atoms with van der Waals surface area (Å²) in [5.41, 5.74) is 8.12. The lowest BCUT2D eigenvalue weighted by Crippen LogP contribution is -2.10. The lowest BCUT2D eigenvalue weighted by Gasteiger charge is -2.14. The van der Waals surface area contributed by atoms with Crippen molar-refractivity contribution in [2.24, 2.45) is 12.8 Å². The van der Waals surface area contributed by atoms with Gasteiger partial charge in [-0.1, -0.05) is 22.0 Å². The molecule has 0 saturated heterocycles. The average molecular weight is 324 g/mol. The van der Waals surface area contributed by atoms with Crippen LogP contribution in [0.4, 0.5) is 0 Å². The molecule has 0 spiro atoms. The van der Waals surface area contributed by atoms with Gasteiger partial charge in [-0.3, -0.25) is 4.68 Å². The Balaban J connectivity index is 2.03. The third kappa shape index (κ3) is 3.58. The van der Waals surface area contributed by atoms with Crippen molar-refractivity contribution < 1.29 is 4.74 Å². The number of halogens is 1. The molecule has 1 heterocycles. The summed E-state index contributed by atoms with van der Waals surface area (Å²) in [6, 6.07) is 7.89. The van der Waals surface area contributed by atoms with Gasteiger partial charge in [-0.2, -0.15) is 5.10 Å². The number of rotatable bonds is 5. The van der Waals surface area contributed by atoms with Crippen molar-refractivity contribution in [3.63, 3.8) is 0 Å². The maximum atomic E-state index is 5.95. The van der Waals surface area contributed by atoms with Crippen molar-refractivity contribution in [1.29, 1.82) is 0 Å². The Labute approximate surface area is 121 Å². The minimum Gasteiger partial charge on any atom is -0.493 e. The summed E-state index contributed by atoms with van der Waals surface area (Å²) < 4.78 is 8.71. The zero-order chi connectivity index (χ0) is 13.8. The molecule has 1 aromatic heterocycles. The Morgan fingerprint density at radius 1 is 1.42 bits per heavy atom. The Morgan fingerprint density at radius 2 is 2.21 bits per heavy atom. The second-order valence-electron chi connectivity index (χ2n) is 4.52. The van der Waals surface area contributed by atoms with Crippen LogP contribution in [0.25, 0.3) is 0 Å². The number of nitrogens with zero attached hydrogens (tertiary/aromatic N) is 2. The van der Waals surface area contributed by atoms with Crippen molar-refractivity contribution in [1.82, 2.24) is 9.78 Å². The summed E-state index contributed by atoms with van der Waals surface area (Å²) in [4.78, 5) is 0. The van der Waals surface area contributed by atoms with Gasteiger partial charge >= 0.3 is 0 Å². The average Bonchev–Trinajstić information content (AvgIpc) is 2.75. The molecule has 0 unspecified atom stereocenters. The highest BCUT2D eigenvalue weighted by atomic mass is 79.9. The highest BCUT2D eigenvalue weighted by Crippen LogP contribution is 2.27. The van der Waals surface area contributed by atoms with Gasteiger partial charge in [0.1, 0.15) is 5.75 Å². The summed E-state index contributed by atoms with van der Waals surface area (Å²) >= 11 is 3.45. The van der Waals surface area contributed by atoms with Gasteiger partial charge in [0.15, 0.2) is 0 Å². The summed E-state index contributed by atoms with van der Waals surface area (Å²) in [5, 5.41) is 4.14. The van der Waals surface area contributed by atoms with E-state index in [1.54, 1.807) is 6.20 Å². The molecule has 102 valence electrons. The first-order valence-electron chi connectivity index (χ1n) is 6.22. The third-order valence-electron chi connectivity index (χ3n) is 3.00. The van der Waals surface area contributed by atoms with Crippen molar-refractivity contribution in [2.75, 3.05) is 6.61 Å². The Hall–Kier alpha value is -1.33. The van der Waals surface area contributed by atoms with Crippen molar-refractivity contribution in [2.45, 2.75) is 19.4 Å². The lowest BCUT2D eigenvalue weighted by atomic mass is 10.1. The normalized spacial score (nSPS) is 12.4. The fourth-order valence-electron chi connectivity index (χ4n) is 1.92. The Morgan fingerprint density at radius 3 is 2.84 bits per heavy atom. The maximum absolute atomic E-state index is 5.95. The molecular weight excluding hydrogens is 306 g/mol. The molecule has 19 heavy (non-hydrogen) atoms. The van der Waals surface area contributed by atoms with Crippen molar-refractivity contribution >= 4 is 15.9 Å². The zero-order valence-electron chi connectivity index (χ0n) is 11.1. The molecule has 5 heteroatoms. The van der Waals surface area contributed by atoms with E-state index in [1.807, 2.05) is 42.9 Å². The molecule has 2 N–H and O–H groups in total. The molecule has 2 rings (SSSR count). The molecule has 0 radical (unpaired) electrons. The summed E-state index contributed by atoms with van der Waals surface area (Å²) in [6.45, 7) is 2.56. The van der Waals surface area contributed by atoms with E-state index >= 15 is 0 Å². The topological polar surface area (TPSA) is 53.1 Å². The SMILES string of the molecule is C[C@H](N)c1ccc(Br)cc1OCCc1ccnn1C. The van der Waals surface area contributed by atoms with Gasteiger partial charge in [0, 0.05) is 41.4 Å². The van der Waals surface area contributed by atoms with Crippen LogP contribution in [0.5, 0.6) is 5.75 Å². The summed E-state index contributed by atoms with van der Waals surface area (Å²) in [6.07, 6.45) is 2.61. The molecule has 1 atom stereocenters. The smallest absolute Gasteiger partial charge is 0.125 e. The number of hydrogen-bond acceptors (Lipinski definition) is 3. The van der Waals surface area contributed by atoms with Gasteiger partial charge in [-0.05, 0) is 25.1 Å². The van der Waals surface area contributed by atoms with Crippen LogP contribution in [0.1, 0.15) is 24.2 Å². The molecule has 0 aliphatic carbocycles. The molecule has 2 aromatic rings. The first-order chi connectivity index (χ1) is 9.08. The summed E-state index contributed by atoms with van der Waals surface area (Å²) in [5.74, 6) is 0.839. The van der Waals surface area contributed by atoms with E-state index in [-0.39, 0.29) is 6.04 Å². The standard InChI is InChI=1S/C14H18BrN3O/c1-10(16)13-4-3-11(15)9-14(13)19-8-6-12-5-7-17-18(12)2/h3-5,7,9-10H,6,8,16H2,1-2H3/t10-/m0/s1. The van der Waals surface area contributed by atoms with Crippen molar-refractivity contribution in [3.8, 4) is 5.75 Å². The second kappa shape index (κ2) is 6.21. The second-order valence-corrected chi connectivity index (χ2v) is 5.43. The van der Waals surface area contributed by atoms with Crippen LogP contribution in [-0.2, 0) is 13.5 Å². The predicted molar refractivity (Wildman–Crippen MR) is 79.2 cm³/mol.